The molecule has 6 heteroatoms. The molecule has 1 heterocycles. The van der Waals surface area contributed by atoms with E-state index in [4.69, 9.17) is 0 Å². The number of hydrogen-bond donors (Lipinski definition) is 1. The highest BCUT2D eigenvalue weighted by atomic mass is 32.2. The van der Waals surface area contributed by atoms with Crippen molar-refractivity contribution in [3.05, 3.63) is 0 Å². The lowest BCUT2D eigenvalue weighted by Crippen LogP contribution is -2.43. The van der Waals surface area contributed by atoms with Crippen molar-refractivity contribution in [3.8, 4) is 0 Å². The lowest BCUT2D eigenvalue weighted by molar-refractivity contribution is 0.385. The van der Waals surface area contributed by atoms with Gasteiger partial charge in [-0.1, -0.05) is 0 Å². The summed E-state index contributed by atoms with van der Waals surface area (Å²) in [4.78, 5) is 0. The van der Waals surface area contributed by atoms with E-state index in [1.54, 1.807) is 21.1 Å². The van der Waals surface area contributed by atoms with Gasteiger partial charge in [0.05, 0.1) is 0 Å². The Labute approximate surface area is 86.3 Å². The average Bonchev–Trinajstić information content (AvgIpc) is 2.56. The fourth-order valence-electron chi connectivity index (χ4n) is 1.60. The highest BCUT2D eigenvalue weighted by Crippen LogP contribution is 2.09. The van der Waals surface area contributed by atoms with Crippen molar-refractivity contribution in [1.29, 1.82) is 0 Å². The maximum Gasteiger partial charge on any atom is 0.281 e. The molecule has 1 aliphatic heterocycles. The van der Waals surface area contributed by atoms with Crippen molar-refractivity contribution in [2.75, 3.05) is 34.2 Å². The smallest absolute Gasteiger partial charge is 0.281 e. The maximum atomic E-state index is 11.6. The normalized spacial score (nSPS) is 23.6. The number of hydrogen-bond acceptors (Lipinski definition) is 3. The predicted octanol–water partition coefficient (Wildman–Crippen LogP) is -0.523. The lowest BCUT2D eigenvalue weighted by Gasteiger charge is -2.24. The first-order chi connectivity index (χ1) is 6.44. The van der Waals surface area contributed by atoms with Crippen LogP contribution in [0.1, 0.15) is 12.8 Å². The minimum Gasteiger partial charge on any atom is -0.313 e. The summed E-state index contributed by atoms with van der Waals surface area (Å²) in [5, 5.41) is 3.27. The van der Waals surface area contributed by atoms with Gasteiger partial charge < -0.3 is 5.32 Å². The third-order valence-electron chi connectivity index (χ3n) is 2.50. The van der Waals surface area contributed by atoms with E-state index < -0.39 is 10.2 Å². The van der Waals surface area contributed by atoms with Gasteiger partial charge in [0.1, 0.15) is 0 Å². The van der Waals surface area contributed by atoms with Gasteiger partial charge >= 0.3 is 0 Å². The van der Waals surface area contributed by atoms with Gasteiger partial charge in [-0.3, -0.25) is 0 Å². The third kappa shape index (κ3) is 2.66. The molecule has 0 aliphatic carbocycles. The SMILES string of the molecule is CN(C)S(=O)(=O)N(C)CC1CCCN1. The molecule has 0 spiro atoms. The first-order valence-electron chi connectivity index (χ1n) is 4.82. The Kier molecular flexibility index (Phi) is 3.88. The average molecular weight is 221 g/mol. The van der Waals surface area contributed by atoms with Crippen LogP contribution in [-0.2, 0) is 10.2 Å². The van der Waals surface area contributed by atoms with Gasteiger partial charge in [0, 0.05) is 33.7 Å². The highest BCUT2D eigenvalue weighted by molar-refractivity contribution is 7.86. The number of nitrogens with zero attached hydrogens (tertiary/aromatic N) is 2. The molecule has 1 unspecified atom stereocenters. The molecule has 1 saturated heterocycles. The summed E-state index contributed by atoms with van der Waals surface area (Å²) in [7, 11) is 1.48. The zero-order valence-electron chi connectivity index (χ0n) is 9.02. The summed E-state index contributed by atoms with van der Waals surface area (Å²) in [6, 6.07) is 0.315. The molecular formula is C8H19N3O2S. The van der Waals surface area contributed by atoms with E-state index in [-0.39, 0.29) is 0 Å². The van der Waals surface area contributed by atoms with Gasteiger partial charge in [-0.2, -0.15) is 17.0 Å². The maximum absolute atomic E-state index is 11.6. The highest BCUT2D eigenvalue weighted by Gasteiger charge is 2.24. The molecule has 0 saturated carbocycles. The van der Waals surface area contributed by atoms with Crippen molar-refractivity contribution >= 4 is 10.2 Å². The van der Waals surface area contributed by atoms with E-state index in [0.29, 0.717) is 12.6 Å². The van der Waals surface area contributed by atoms with Gasteiger partial charge in [0.25, 0.3) is 10.2 Å². The van der Waals surface area contributed by atoms with Crippen molar-refractivity contribution in [2.24, 2.45) is 0 Å². The Morgan fingerprint density at radius 1 is 1.36 bits per heavy atom. The quantitative estimate of drug-likeness (QED) is 0.695. The minimum absolute atomic E-state index is 0.315. The van der Waals surface area contributed by atoms with Crippen LogP contribution in [0.15, 0.2) is 0 Å². The van der Waals surface area contributed by atoms with Crippen molar-refractivity contribution in [2.45, 2.75) is 18.9 Å². The van der Waals surface area contributed by atoms with E-state index in [1.807, 2.05) is 0 Å². The fraction of sp³-hybridized carbons (Fsp3) is 1.00. The summed E-state index contributed by atoms with van der Waals surface area (Å²) < 4.78 is 25.9. The van der Waals surface area contributed by atoms with Crippen LogP contribution in [0.3, 0.4) is 0 Å². The molecule has 0 radical (unpaired) electrons. The number of likely N-dealkylation sites (N-methyl/N-ethyl adjacent to an activating group) is 1. The van der Waals surface area contributed by atoms with Crippen LogP contribution in [0.4, 0.5) is 0 Å². The zero-order chi connectivity index (χ0) is 10.8. The largest absolute Gasteiger partial charge is 0.313 e. The van der Waals surface area contributed by atoms with Gasteiger partial charge in [-0.25, -0.2) is 0 Å². The second-order valence-electron chi connectivity index (χ2n) is 3.86. The van der Waals surface area contributed by atoms with E-state index in [2.05, 4.69) is 5.32 Å². The van der Waals surface area contributed by atoms with Crippen molar-refractivity contribution < 1.29 is 8.42 Å². The van der Waals surface area contributed by atoms with Crippen LogP contribution < -0.4 is 5.32 Å². The topological polar surface area (TPSA) is 52.7 Å². The molecule has 0 bridgehead atoms. The minimum atomic E-state index is -3.24. The zero-order valence-corrected chi connectivity index (χ0v) is 9.84. The monoisotopic (exact) mass is 221 g/mol. The van der Waals surface area contributed by atoms with Crippen molar-refractivity contribution in [1.82, 2.24) is 13.9 Å². The molecule has 0 aromatic carbocycles. The first kappa shape index (κ1) is 11.9. The molecule has 0 aromatic rings. The second-order valence-corrected chi connectivity index (χ2v) is 6.11. The van der Waals surface area contributed by atoms with Gasteiger partial charge in [0.2, 0.25) is 0 Å². The molecule has 1 aliphatic rings. The Hall–Kier alpha value is -0.170. The van der Waals surface area contributed by atoms with Crippen LogP contribution in [0, 0.1) is 0 Å². The first-order valence-corrected chi connectivity index (χ1v) is 6.21. The Morgan fingerprint density at radius 3 is 2.43 bits per heavy atom. The van der Waals surface area contributed by atoms with Crippen LogP contribution >= 0.6 is 0 Å². The number of nitrogens with one attached hydrogen (secondary N) is 1. The van der Waals surface area contributed by atoms with Gasteiger partial charge in [-0.05, 0) is 19.4 Å². The Morgan fingerprint density at radius 2 is 2.00 bits per heavy atom. The van der Waals surface area contributed by atoms with Crippen LogP contribution in [0.5, 0.6) is 0 Å². The molecule has 84 valence electrons. The third-order valence-corrected chi connectivity index (χ3v) is 4.35. The second kappa shape index (κ2) is 4.57. The fourth-order valence-corrected chi connectivity index (χ4v) is 2.52. The molecule has 0 amide bonds. The molecule has 1 N–H and O–H groups in total. The molecule has 14 heavy (non-hydrogen) atoms. The van der Waals surface area contributed by atoms with Crippen LogP contribution in [0.25, 0.3) is 0 Å². The molecule has 1 atom stereocenters. The summed E-state index contributed by atoms with van der Waals surface area (Å²) in [6.07, 6.45) is 2.20. The van der Waals surface area contributed by atoms with Crippen LogP contribution in [0.2, 0.25) is 0 Å². The molecular weight excluding hydrogens is 202 g/mol. The van der Waals surface area contributed by atoms with E-state index in [9.17, 15) is 8.42 Å². The summed E-state index contributed by atoms with van der Waals surface area (Å²) in [5.41, 5.74) is 0. The summed E-state index contributed by atoms with van der Waals surface area (Å²) in [5.74, 6) is 0. The predicted molar refractivity (Wildman–Crippen MR) is 56.3 cm³/mol. The number of rotatable bonds is 4. The van der Waals surface area contributed by atoms with Crippen molar-refractivity contribution in [3.63, 3.8) is 0 Å². The Bertz CT molecular complexity index is 270. The molecule has 1 fully saturated rings. The van der Waals surface area contributed by atoms with Gasteiger partial charge in [0.15, 0.2) is 0 Å². The van der Waals surface area contributed by atoms with E-state index in [1.165, 1.54) is 8.61 Å². The van der Waals surface area contributed by atoms with E-state index in [0.717, 1.165) is 19.4 Å². The lowest BCUT2D eigenvalue weighted by atomic mass is 10.2. The molecule has 0 aromatic heterocycles. The Balaban J connectivity index is 2.52. The van der Waals surface area contributed by atoms with Gasteiger partial charge in [-0.15, -0.1) is 0 Å². The molecule has 1 rings (SSSR count). The van der Waals surface area contributed by atoms with E-state index >= 15 is 0 Å². The summed E-state index contributed by atoms with van der Waals surface area (Å²) >= 11 is 0. The standard InChI is InChI=1S/C8H19N3O2S/c1-10(2)14(12,13)11(3)7-8-5-4-6-9-8/h8-9H,4-7H2,1-3H3. The van der Waals surface area contributed by atoms with Crippen LogP contribution in [-0.4, -0.2) is 57.3 Å². The summed E-state index contributed by atoms with van der Waals surface area (Å²) in [6.45, 7) is 1.56. The molecule has 5 nitrogen and oxygen atoms in total.